The number of carbonyl (C=O) groups excluding carboxylic acids is 1. The molecular weight excluding hydrogens is 252 g/mol. The van der Waals surface area contributed by atoms with Crippen molar-refractivity contribution in [2.24, 2.45) is 0 Å². The summed E-state index contributed by atoms with van der Waals surface area (Å²) in [6.07, 6.45) is 0.970. The molecule has 0 saturated heterocycles. The monoisotopic (exact) mass is 268 g/mol. The van der Waals surface area contributed by atoms with Crippen LogP contribution < -0.4 is 10.6 Å². The largest absolute Gasteiger partial charge is 0.383 e. The molecule has 0 aliphatic heterocycles. The van der Waals surface area contributed by atoms with Crippen molar-refractivity contribution in [3.8, 4) is 0 Å². The molecule has 2 N–H and O–H groups in total. The molecule has 1 saturated carbocycles. The van der Waals surface area contributed by atoms with Crippen molar-refractivity contribution in [1.29, 1.82) is 0 Å². The summed E-state index contributed by atoms with van der Waals surface area (Å²) < 4.78 is 4.86. The molecule has 2 atom stereocenters. The summed E-state index contributed by atoms with van der Waals surface area (Å²) in [4.78, 5) is 11.5. The van der Waals surface area contributed by atoms with Gasteiger partial charge in [0, 0.05) is 30.6 Å². The maximum atomic E-state index is 11.5. The van der Waals surface area contributed by atoms with E-state index in [9.17, 15) is 4.79 Å². The molecule has 5 heteroatoms. The van der Waals surface area contributed by atoms with E-state index in [-0.39, 0.29) is 12.1 Å². The molecule has 1 aromatic carbocycles. The third-order valence-corrected chi connectivity index (χ3v) is 3.21. The Balaban J connectivity index is 1.76. The third kappa shape index (κ3) is 3.62. The van der Waals surface area contributed by atoms with E-state index in [0.29, 0.717) is 19.1 Å². The Morgan fingerprint density at radius 1 is 1.56 bits per heavy atom. The minimum atomic E-state index is -0.137. The Kier molecular flexibility index (Phi) is 4.44. The van der Waals surface area contributed by atoms with Crippen LogP contribution in [-0.4, -0.2) is 32.3 Å². The van der Waals surface area contributed by atoms with Crippen molar-refractivity contribution in [3.63, 3.8) is 0 Å². The number of halogens is 1. The van der Waals surface area contributed by atoms with E-state index in [1.54, 1.807) is 7.11 Å². The second kappa shape index (κ2) is 6.07. The molecule has 1 fully saturated rings. The van der Waals surface area contributed by atoms with Crippen molar-refractivity contribution in [2.75, 3.05) is 20.3 Å². The van der Waals surface area contributed by atoms with Crippen LogP contribution in [0.4, 0.5) is 4.79 Å². The highest BCUT2D eigenvalue weighted by molar-refractivity contribution is 6.30. The summed E-state index contributed by atoms with van der Waals surface area (Å²) in [6, 6.07) is 7.86. The molecule has 2 rings (SSSR count). The normalized spacial score (nSPS) is 21.4. The quantitative estimate of drug-likeness (QED) is 0.804. The first kappa shape index (κ1) is 13.2. The van der Waals surface area contributed by atoms with Crippen LogP contribution in [0.1, 0.15) is 17.9 Å². The summed E-state index contributed by atoms with van der Waals surface area (Å²) in [5.41, 5.74) is 1.18. The van der Waals surface area contributed by atoms with Gasteiger partial charge < -0.3 is 15.4 Å². The van der Waals surface area contributed by atoms with E-state index >= 15 is 0 Å². The Morgan fingerprint density at radius 3 is 3.11 bits per heavy atom. The number of benzene rings is 1. The minimum absolute atomic E-state index is 0.137. The fourth-order valence-electron chi connectivity index (χ4n) is 1.95. The first-order valence-electron chi connectivity index (χ1n) is 5.99. The van der Waals surface area contributed by atoms with Gasteiger partial charge in [-0.1, -0.05) is 23.7 Å². The van der Waals surface area contributed by atoms with Crippen molar-refractivity contribution in [2.45, 2.75) is 18.4 Å². The fraction of sp³-hybridized carbons (Fsp3) is 0.462. The van der Waals surface area contributed by atoms with E-state index in [1.165, 1.54) is 5.56 Å². The minimum Gasteiger partial charge on any atom is -0.383 e. The average Bonchev–Trinajstić information content (AvgIpc) is 3.08. The van der Waals surface area contributed by atoms with Crippen LogP contribution >= 0.6 is 11.6 Å². The van der Waals surface area contributed by atoms with Gasteiger partial charge in [0.05, 0.1) is 6.61 Å². The predicted octanol–water partition coefficient (Wildman–Crippen LogP) is 2.14. The average molecular weight is 269 g/mol. The molecule has 2 amide bonds. The van der Waals surface area contributed by atoms with Gasteiger partial charge in [-0.2, -0.15) is 0 Å². The van der Waals surface area contributed by atoms with E-state index in [4.69, 9.17) is 16.3 Å². The van der Waals surface area contributed by atoms with Crippen LogP contribution in [0.3, 0.4) is 0 Å². The lowest BCUT2D eigenvalue weighted by Crippen LogP contribution is -2.38. The summed E-state index contributed by atoms with van der Waals surface area (Å²) >= 11 is 5.94. The molecule has 0 bridgehead atoms. The smallest absolute Gasteiger partial charge is 0.315 e. The van der Waals surface area contributed by atoms with Gasteiger partial charge in [0.25, 0.3) is 0 Å². The highest BCUT2D eigenvalue weighted by Gasteiger charge is 2.39. The summed E-state index contributed by atoms with van der Waals surface area (Å²) in [5.74, 6) is 0.386. The van der Waals surface area contributed by atoms with Crippen molar-refractivity contribution >= 4 is 17.6 Å². The SMILES string of the molecule is COCCNC(=O)NC1CC1c1cccc(Cl)c1. The van der Waals surface area contributed by atoms with Crippen molar-refractivity contribution in [3.05, 3.63) is 34.9 Å². The van der Waals surface area contributed by atoms with Gasteiger partial charge in [-0.05, 0) is 24.1 Å². The Bertz CT molecular complexity index is 425. The summed E-state index contributed by atoms with van der Waals surface area (Å²) in [6.45, 7) is 1.05. The number of methoxy groups -OCH3 is 1. The lowest BCUT2D eigenvalue weighted by Gasteiger charge is -2.07. The number of nitrogens with one attached hydrogen (secondary N) is 2. The molecule has 2 unspecified atom stereocenters. The Morgan fingerprint density at radius 2 is 2.39 bits per heavy atom. The van der Waals surface area contributed by atoms with E-state index < -0.39 is 0 Å². The molecule has 0 aromatic heterocycles. The van der Waals surface area contributed by atoms with E-state index in [1.807, 2.05) is 24.3 Å². The Hall–Kier alpha value is -1.26. The molecule has 4 nitrogen and oxygen atoms in total. The topological polar surface area (TPSA) is 50.4 Å². The van der Waals surface area contributed by atoms with Gasteiger partial charge in [0.2, 0.25) is 0 Å². The number of carbonyl (C=O) groups is 1. The Labute approximate surface area is 112 Å². The van der Waals surface area contributed by atoms with Crippen LogP contribution in [0.2, 0.25) is 5.02 Å². The van der Waals surface area contributed by atoms with Crippen LogP contribution in [-0.2, 0) is 4.74 Å². The molecule has 1 aromatic rings. The lowest BCUT2D eigenvalue weighted by molar-refractivity contribution is 0.195. The zero-order chi connectivity index (χ0) is 13.0. The zero-order valence-electron chi connectivity index (χ0n) is 10.3. The number of hydrogen-bond acceptors (Lipinski definition) is 2. The third-order valence-electron chi connectivity index (χ3n) is 2.98. The summed E-state index contributed by atoms with van der Waals surface area (Å²) in [7, 11) is 1.61. The number of ether oxygens (including phenoxy) is 1. The van der Waals surface area contributed by atoms with Gasteiger partial charge in [-0.25, -0.2) is 4.79 Å². The van der Waals surface area contributed by atoms with E-state index in [2.05, 4.69) is 10.6 Å². The first-order chi connectivity index (χ1) is 8.70. The number of rotatable bonds is 5. The molecular formula is C13H17ClN2O2. The van der Waals surface area contributed by atoms with Gasteiger partial charge in [0.15, 0.2) is 0 Å². The standard InChI is InChI=1S/C13H17ClN2O2/c1-18-6-5-15-13(17)16-12-8-11(12)9-3-2-4-10(14)7-9/h2-4,7,11-12H,5-6,8H2,1H3,(H2,15,16,17). The van der Waals surface area contributed by atoms with Gasteiger partial charge >= 0.3 is 6.03 Å². The molecule has 1 aliphatic carbocycles. The number of hydrogen-bond donors (Lipinski definition) is 2. The number of urea groups is 1. The highest BCUT2D eigenvalue weighted by atomic mass is 35.5. The molecule has 18 heavy (non-hydrogen) atoms. The molecule has 0 heterocycles. The zero-order valence-corrected chi connectivity index (χ0v) is 11.0. The molecule has 98 valence electrons. The lowest BCUT2D eigenvalue weighted by atomic mass is 10.1. The summed E-state index contributed by atoms with van der Waals surface area (Å²) in [5, 5.41) is 6.41. The number of amides is 2. The van der Waals surface area contributed by atoms with Crippen LogP contribution in [0.5, 0.6) is 0 Å². The maximum absolute atomic E-state index is 11.5. The van der Waals surface area contributed by atoms with Gasteiger partial charge in [0.1, 0.15) is 0 Å². The molecule has 1 aliphatic rings. The van der Waals surface area contributed by atoms with Gasteiger partial charge in [-0.3, -0.25) is 0 Å². The predicted molar refractivity (Wildman–Crippen MR) is 71.0 cm³/mol. The van der Waals surface area contributed by atoms with Crippen LogP contribution in [0.25, 0.3) is 0 Å². The fourth-order valence-corrected chi connectivity index (χ4v) is 2.14. The van der Waals surface area contributed by atoms with Crippen molar-refractivity contribution in [1.82, 2.24) is 10.6 Å². The van der Waals surface area contributed by atoms with Gasteiger partial charge in [-0.15, -0.1) is 0 Å². The van der Waals surface area contributed by atoms with Crippen molar-refractivity contribution < 1.29 is 9.53 Å². The van der Waals surface area contributed by atoms with Crippen LogP contribution in [0, 0.1) is 0 Å². The first-order valence-corrected chi connectivity index (χ1v) is 6.37. The second-order valence-corrected chi connectivity index (χ2v) is 4.83. The maximum Gasteiger partial charge on any atom is 0.315 e. The second-order valence-electron chi connectivity index (χ2n) is 4.40. The highest BCUT2D eigenvalue weighted by Crippen LogP contribution is 2.41. The molecule has 0 spiro atoms. The molecule has 0 radical (unpaired) electrons. The van der Waals surface area contributed by atoms with E-state index in [0.717, 1.165) is 11.4 Å². The van der Waals surface area contributed by atoms with Crippen LogP contribution in [0.15, 0.2) is 24.3 Å².